The topological polar surface area (TPSA) is 21.3 Å². The summed E-state index contributed by atoms with van der Waals surface area (Å²) < 4.78 is 5.61. The fourth-order valence-corrected chi connectivity index (χ4v) is 2.33. The zero-order valence-corrected chi connectivity index (χ0v) is 7.55. The minimum Gasteiger partial charge on any atom is -0.493 e. The molecule has 0 radical (unpaired) electrons. The van der Waals surface area contributed by atoms with Gasteiger partial charge in [-0.05, 0) is 19.0 Å². The molecule has 2 nitrogen and oxygen atoms in total. The molecule has 0 aliphatic carbocycles. The van der Waals surface area contributed by atoms with Crippen LogP contribution in [-0.4, -0.2) is 13.2 Å². The predicted octanol–water partition coefficient (Wildman–Crippen LogP) is 1.66. The highest BCUT2D eigenvalue weighted by atomic mass is 16.5. The van der Waals surface area contributed by atoms with Crippen molar-refractivity contribution in [1.29, 1.82) is 0 Å². The van der Waals surface area contributed by atoms with E-state index in [2.05, 4.69) is 23.5 Å². The lowest BCUT2D eigenvalue weighted by molar-refractivity contribution is 0.122. The summed E-state index contributed by atoms with van der Waals surface area (Å²) in [4.78, 5) is 0. The van der Waals surface area contributed by atoms with Crippen LogP contribution in [0, 0.1) is 0 Å². The molecular weight excluding hydrogens is 162 g/mol. The van der Waals surface area contributed by atoms with Crippen molar-refractivity contribution in [3.63, 3.8) is 0 Å². The van der Waals surface area contributed by atoms with E-state index in [1.54, 1.807) is 0 Å². The van der Waals surface area contributed by atoms with Gasteiger partial charge in [0.1, 0.15) is 5.75 Å². The van der Waals surface area contributed by atoms with E-state index >= 15 is 0 Å². The molecule has 3 rings (SSSR count). The number of rotatable bonds is 0. The van der Waals surface area contributed by atoms with Crippen LogP contribution >= 0.6 is 0 Å². The van der Waals surface area contributed by atoms with Crippen LogP contribution in [0.2, 0.25) is 0 Å². The monoisotopic (exact) mass is 175 g/mol. The van der Waals surface area contributed by atoms with Crippen LogP contribution < -0.4 is 10.1 Å². The highest BCUT2D eigenvalue weighted by Crippen LogP contribution is 2.42. The van der Waals surface area contributed by atoms with Crippen molar-refractivity contribution in [1.82, 2.24) is 5.32 Å². The molecule has 1 saturated heterocycles. The molecule has 1 atom stereocenters. The third-order valence-corrected chi connectivity index (χ3v) is 3.20. The summed E-state index contributed by atoms with van der Waals surface area (Å²) in [6.07, 6.45) is 2.37. The number of para-hydroxylation sites is 1. The van der Waals surface area contributed by atoms with Gasteiger partial charge in [-0.25, -0.2) is 0 Å². The summed E-state index contributed by atoms with van der Waals surface area (Å²) >= 11 is 0. The predicted molar refractivity (Wildman–Crippen MR) is 50.9 cm³/mol. The lowest BCUT2D eigenvalue weighted by atomic mass is 9.77. The summed E-state index contributed by atoms with van der Waals surface area (Å²) in [5, 5.41) is 3.54. The Balaban J connectivity index is 2.11. The molecule has 13 heavy (non-hydrogen) atoms. The lowest BCUT2D eigenvalue weighted by Gasteiger charge is -2.46. The number of nitrogens with one attached hydrogen (secondary N) is 1. The van der Waals surface area contributed by atoms with E-state index in [-0.39, 0.29) is 5.54 Å². The summed E-state index contributed by atoms with van der Waals surface area (Å²) in [5.74, 6) is 1.07. The second kappa shape index (κ2) is 2.48. The third-order valence-electron chi connectivity index (χ3n) is 3.20. The first-order valence-electron chi connectivity index (χ1n) is 4.88. The van der Waals surface area contributed by atoms with Crippen molar-refractivity contribution in [2.45, 2.75) is 18.4 Å². The van der Waals surface area contributed by atoms with Gasteiger partial charge in [-0.3, -0.25) is 0 Å². The van der Waals surface area contributed by atoms with Gasteiger partial charge < -0.3 is 10.1 Å². The largest absolute Gasteiger partial charge is 0.493 e. The smallest absolute Gasteiger partial charge is 0.124 e. The SMILES string of the molecule is c1ccc2c(c1)OCC[C@@]21CCN1. The van der Waals surface area contributed by atoms with Gasteiger partial charge >= 0.3 is 0 Å². The molecule has 2 heteroatoms. The lowest BCUT2D eigenvalue weighted by Crippen LogP contribution is -2.56. The van der Waals surface area contributed by atoms with Crippen LogP contribution in [0.4, 0.5) is 0 Å². The Bertz CT molecular complexity index is 331. The first-order chi connectivity index (χ1) is 6.41. The maximum atomic E-state index is 5.61. The molecule has 1 aromatic carbocycles. The molecule has 2 heterocycles. The Hall–Kier alpha value is -1.02. The summed E-state index contributed by atoms with van der Waals surface area (Å²) in [7, 11) is 0. The second-order valence-corrected chi connectivity index (χ2v) is 3.85. The van der Waals surface area contributed by atoms with Gasteiger partial charge in [0.2, 0.25) is 0 Å². The van der Waals surface area contributed by atoms with E-state index in [1.165, 1.54) is 12.0 Å². The quantitative estimate of drug-likeness (QED) is 0.647. The zero-order valence-electron chi connectivity index (χ0n) is 7.55. The average molecular weight is 175 g/mol. The van der Waals surface area contributed by atoms with Crippen molar-refractivity contribution in [2.24, 2.45) is 0 Å². The molecular formula is C11H13NO. The van der Waals surface area contributed by atoms with Crippen molar-refractivity contribution in [2.75, 3.05) is 13.2 Å². The highest BCUT2D eigenvalue weighted by Gasteiger charge is 2.42. The van der Waals surface area contributed by atoms with Gasteiger partial charge in [-0.15, -0.1) is 0 Å². The van der Waals surface area contributed by atoms with Gasteiger partial charge in [0, 0.05) is 12.0 Å². The number of hydrogen-bond acceptors (Lipinski definition) is 2. The Morgan fingerprint density at radius 1 is 1.23 bits per heavy atom. The van der Waals surface area contributed by atoms with Gasteiger partial charge in [-0.2, -0.15) is 0 Å². The van der Waals surface area contributed by atoms with Crippen LogP contribution in [0.1, 0.15) is 18.4 Å². The maximum absolute atomic E-state index is 5.61. The van der Waals surface area contributed by atoms with Gasteiger partial charge in [0.25, 0.3) is 0 Å². The molecule has 2 aliphatic rings. The first kappa shape index (κ1) is 7.39. The van der Waals surface area contributed by atoms with E-state index in [0.29, 0.717) is 0 Å². The Labute approximate surface area is 77.9 Å². The Kier molecular flexibility index (Phi) is 1.41. The van der Waals surface area contributed by atoms with Crippen molar-refractivity contribution < 1.29 is 4.74 Å². The fourth-order valence-electron chi connectivity index (χ4n) is 2.33. The molecule has 2 aliphatic heterocycles. The van der Waals surface area contributed by atoms with Crippen LogP contribution in [0.15, 0.2) is 24.3 Å². The van der Waals surface area contributed by atoms with Crippen molar-refractivity contribution in [3.05, 3.63) is 29.8 Å². The van der Waals surface area contributed by atoms with Crippen LogP contribution in [0.3, 0.4) is 0 Å². The number of benzene rings is 1. The second-order valence-electron chi connectivity index (χ2n) is 3.85. The molecule has 0 saturated carbocycles. The molecule has 1 spiro atoms. The van der Waals surface area contributed by atoms with E-state index in [9.17, 15) is 0 Å². The molecule has 0 amide bonds. The summed E-state index contributed by atoms with van der Waals surface area (Å²) in [6, 6.07) is 8.38. The van der Waals surface area contributed by atoms with Gasteiger partial charge in [-0.1, -0.05) is 18.2 Å². The molecule has 1 N–H and O–H groups in total. The maximum Gasteiger partial charge on any atom is 0.124 e. The first-order valence-corrected chi connectivity index (χ1v) is 4.88. The molecule has 0 bridgehead atoms. The minimum absolute atomic E-state index is 0.259. The average Bonchev–Trinajstić information content (AvgIpc) is 2.14. The molecule has 1 aromatic rings. The summed E-state index contributed by atoms with van der Waals surface area (Å²) in [6.45, 7) is 2.00. The Morgan fingerprint density at radius 2 is 2.08 bits per heavy atom. The van der Waals surface area contributed by atoms with E-state index in [4.69, 9.17) is 4.74 Å². The molecule has 1 fully saturated rings. The van der Waals surface area contributed by atoms with E-state index in [0.717, 1.165) is 25.3 Å². The minimum atomic E-state index is 0.259. The zero-order chi connectivity index (χ0) is 8.73. The molecule has 0 unspecified atom stereocenters. The molecule has 0 aromatic heterocycles. The third kappa shape index (κ3) is 0.923. The van der Waals surface area contributed by atoms with Crippen LogP contribution in [-0.2, 0) is 5.54 Å². The van der Waals surface area contributed by atoms with E-state index in [1.807, 2.05) is 6.07 Å². The van der Waals surface area contributed by atoms with Gasteiger partial charge in [0.15, 0.2) is 0 Å². The highest BCUT2D eigenvalue weighted by molar-refractivity contribution is 5.42. The summed E-state index contributed by atoms with van der Waals surface area (Å²) in [5.41, 5.74) is 1.61. The fraction of sp³-hybridized carbons (Fsp3) is 0.455. The normalized spacial score (nSPS) is 30.5. The number of fused-ring (bicyclic) bond motifs is 2. The Morgan fingerprint density at radius 3 is 2.85 bits per heavy atom. The van der Waals surface area contributed by atoms with Crippen LogP contribution in [0.5, 0.6) is 5.75 Å². The van der Waals surface area contributed by atoms with Crippen molar-refractivity contribution in [3.8, 4) is 5.75 Å². The standard InChI is InChI=1S/C11H13NO/c1-2-4-10-9(3-1)11(5-7-12-11)6-8-13-10/h1-4,12H,5-8H2/t11-/m0/s1. The van der Waals surface area contributed by atoms with Crippen molar-refractivity contribution >= 4 is 0 Å². The van der Waals surface area contributed by atoms with Gasteiger partial charge in [0.05, 0.1) is 12.1 Å². The van der Waals surface area contributed by atoms with Crippen LogP contribution in [0.25, 0.3) is 0 Å². The molecule has 68 valence electrons. The number of ether oxygens (including phenoxy) is 1. The number of hydrogen-bond donors (Lipinski definition) is 1. The van der Waals surface area contributed by atoms with E-state index < -0.39 is 0 Å².